The topological polar surface area (TPSA) is 127 Å². The molecule has 3 aromatic carbocycles. The van der Waals surface area contributed by atoms with Gasteiger partial charge in [0, 0.05) is 13.3 Å². The molecule has 10 heteroatoms. The van der Waals surface area contributed by atoms with Gasteiger partial charge in [0.1, 0.15) is 12.0 Å². The highest BCUT2D eigenvalue weighted by atomic mass is 32.1. The van der Waals surface area contributed by atoms with Crippen LogP contribution < -0.4 is 21.6 Å². The van der Waals surface area contributed by atoms with E-state index in [4.69, 9.17) is 10.5 Å². The summed E-state index contributed by atoms with van der Waals surface area (Å²) in [7, 11) is 0. The molecule has 4 aromatic rings. The lowest BCUT2D eigenvalue weighted by Crippen LogP contribution is -2.68. The Morgan fingerprint density at radius 2 is 1.40 bits per heavy atom. The second-order valence-electron chi connectivity index (χ2n) is 10.6. The van der Waals surface area contributed by atoms with Gasteiger partial charge in [0.25, 0.3) is 5.91 Å². The van der Waals surface area contributed by atoms with Crippen molar-refractivity contribution >= 4 is 63.1 Å². The van der Waals surface area contributed by atoms with Gasteiger partial charge in [-0.25, -0.2) is 4.79 Å². The van der Waals surface area contributed by atoms with Crippen molar-refractivity contribution in [3.63, 3.8) is 0 Å². The highest BCUT2D eigenvalue weighted by Crippen LogP contribution is 2.50. The lowest BCUT2D eigenvalue weighted by Gasteiger charge is -2.50. The number of nitrogens with zero attached hydrogens (tertiary/aromatic N) is 1. The SMILES string of the molecule is C=CCOC(=O)C(N1C(=O)C(C(C)O)C1CC(=O)c1ccc(C(N)=O)s1)=P(c1ccccc1)(c1ccccc1)c1ccccc1. The zero-order valence-corrected chi connectivity index (χ0v) is 26.3. The molecule has 0 radical (unpaired) electrons. The number of aliphatic hydroxyl groups excluding tert-OH is 1. The smallest absolute Gasteiger partial charge is 0.356 e. The highest BCUT2D eigenvalue weighted by molar-refractivity contribution is 7.96. The van der Waals surface area contributed by atoms with Crippen molar-refractivity contribution in [2.24, 2.45) is 11.7 Å². The van der Waals surface area contributed by atoms with Gasteiger partial charge in [-0.2, -0.15) is 0 Å². The van der Waals surface area contributed by atoms with Crippen LogP contribution >= 0.6 is 18.2 Å². The van der Waals surface area contributed by atoms with E-state index in [1.165, 1.54) is 30.0 Å². The summed E-state index contributed by atoms with van der Waals surface area (Å²) < 4.78 is 5.74. The number of carbonyl (C=O) groups excluding carboxylic acids is 4. The summed E-state index contributed by atoms with van der Waals surface area (Å²) in [6.07, 6.45) is 0.157. The molecule has 1 fully saturated rings. The summed E-state index contributed by atoms with van der Waals surface area (Å²) >= 11 is 0.967. The number of rotatable bonds is 12. The minimum atomic E-state index is -3.18. The molecule has 3 atom stereocenters. The van der Waals surface area contributed by atoms with Gasteiger partial charge in [-0.05, 0) is 35.0 Å². The Labute approximate surface area is 265 Å². The molecule has 1 aromatic heterocycles. The Kier molecular flexibility index (Phi) is 9.63. The van der Waals surface area contributed by atoms with E-state index in [-0.39, 0.29) is 29.1 Å². The van der Waals surface area contributed by atoms with Crippen molar-refractivity contribution in [3.05, 3.63) is 126 Å². The molecule has 3 unspecified atom stereocenters. The van der Waals surface area contributed by atoms with Crippen molar-refractivity contribution in [2.75, 3.05) is 6.61 Å². The van der Waals surface area contributed by atoms with Crippen molar-refractivity contribution in [3.8, 4) is 0 Å². The third-order valence-corrected chi connectivity index (χ3v) is 13.2. The van der Waals surface area contributed by atoms with Crippen LogP contribution in [0.4, 0.5) is 0 Å². The van der Waals surface area contributed by atoms with E-state index in [0.29, 0.717) is 4.88 Å². The van der Waals surface area contributed by atoms with Crippen molar-refractivity contribution < 1.29 is 29.0 Å². The van der Waals surface area contributed by atoms with Gasteiger partial charge < -0.3 is 20.5 Å². The molecule has 1 aliphatic rings. The fourth-order valence-electron chi connectivity index (χ4n) is 5.85. The first-order valence-corrected chi connectivity index (χ1v) is 17.0. The Balaban J connectivity index is 1.83. The number of ether oxygens (including phenoxy) is 1. The lowest BCUT2D eigenvalue weighted by atomic mass is 9.80. The van der Waals surface area contributed by atoms with Crippen LogP contribution in [-0.2, 0) is 14.3 Å². The number of likely N-dealkylation sites (tertiary alicyclic amines) is 1. The van der Waals surface area contributed by atoms with Gasteiger partial charge in [0.15, 0.2) is 5.78 Å². The van der Waals surface area contributed by atoms with Crippen LogP contribution in [0.15, 0.2) is 116 Å². The standard InChI is InChI=1S/C35H33N2O6PS/c1-3-21-43-35(42)34(37-27(31(23(2)38)33(37)41)22-28(39)29-19-20-30(45-29)32(36)40)44(24-13-7-4-8-14-24,25-15-9-5-10-16-25)26-17-11-6-12-18-26/h3-20,23,27,31,38H,1,21-22H2,2H3,(H2,36,40). The van der Waals surface area contributed by atoms with E-state index in [2.05, 4.69) is 6.58 Å². The molecule has 0 bridgehead atoms. The third kappa shape index (κ3) is 5.94. The summed E-state index contributed by atoms with van der Waals surface area (Å²) in [5.74, 6) is -3.14. The maximum Gasteiger partial charge on any atom is 0.356 e. The maximum atomic E-state index is 14.4. The summed E-state index contributed by atoms with van der Waals surface area (Å²) in [4.78, 5) is 55.8. The van der Waals surface area contributed by atoms with E-state index < -0.39 is 42.7 Å². The summed E-state index contributed by atoms with van der Waals surface area (Å²) in [5.41, 5.74) is 5.52. The lowest BCUT2D eigenvalue weighted by molar-refractivity contribution is -0.157. The Hall–Kier alpha value is -4.56. The molecule has 5 rings (SSSR count). The first-order chi connectivity index (χ1) is 21.7. The van der Waals surface area contributed by atoms with Gasteiger partial charge in [-0.3, -0.25) is 14.4 Å². The second-order valence-corrected chi connectivity index (χ2v) is 15.0. The number of Topliss-reactive ketones (excluding diaryl/α,β-unsaturated/α-hetero) is 1. The van der Waals surface area contributed by atoms with E-state index in [1.807, 2.05) is 91.0 Å². The molecular formula is C35H33N2O6PS. The number of amides is 2. The number of esters is 1. The maximum absolute atomic E-state index is 14.4. The van der Waals surface area contributed by atoms with E-state index >= 15 is 0 Å². The fourth-order valence-corrected chi connectivity index (χ4v) is 11.1. The summed E-state index contributed by atoms with van der Waals surface area (Å²) in [6.45, 7) is 1.91. The molecule has 230 valence electrons. The van der Waals surface area contributed by atoms with Crippen molar-refractivity contribution in [1.82, 2.24) is 4.90 Å². The molecule has 1 aliphatic heterocycles. The van der Waals surface area contributed by atoms with Gasteiger partial charge in [0.05, 0.1) is 27.8 Å². The molecular weight excluding hydrogens is 607 g/mol. The predicted molar refractivity (Wildman–Crippen MR) is 179 cm³/mol. The zero-order valence-electron chi connectivity index (χ0n) is 24.6. The monoisotopic (exact) mass is 640 g/mol. The minimum Gasteiger partial charge on any atom is -0.457 e. The number of nitrogens with two attached hydrogens (primary N) is 1. The molecule has 0 aliphatic carbocycles. The largest absolute Gasteiger partial charge is 0.457 e. The molecule has 45 heavy (non-hydrogen) atoms. The van der Waals surface area contributed by atoms with Gasteiger partial charge >= 0.3 is 5.97 Å². The zero-order chi connectivity index (χ0) is 32.1. The number of carbonyl (C=O) groups is 4. The number of ketones is 1. The van der Waals surface area contributed by atoms with Gasteiger partial charge in [0.2, 0.25) is 5.91 Å². The molecule has 0 saturated carbocycles. The quantitative estimate of drug-likeness (QED) is 0.0803. The van der Waals surface area contributed by atoms with Crippen LogP contribution in [0, 0.1) is 5.92 Å². The molecule has 3 N–H and O–H groups in total. The number of aliphatic hydroxyl groups is 1. The van der Waals surface area contributed by atoms with Crippen LogP contribution in [0.3, 0.4) is 0 Å². The van der Waals surface area contributed by atoms with Gasteiger partial charge in [-0.1, -0.05) is 104 Å². The number of thiophene rings is 1. The van der Waals surface area contributed by atoms with E-state index in [1.54, 1.807) is 0 Å². The first kappa shape index (κ1) is 31.9. The van der Waals surface area contributed by atoms with Gasteiger partial charge in [-0.15, -0.1) is 11.3 Å². The molecule has 8 nitrogen and oxygen atoms in total. The van der Waals surface area contributed by atoms with Crippen LogP contribution in [0.2, 0.25) is 0 Å². The fraction of sp³-hybridized carbons (Fsp3) is 0.171. The number of hydrogen-bond acceptors (Lipinski definition) is 7. The molecule has 2 amide bonds. The van der Waals surface area contributed by atoms with Crippen LogP contribution in [0.1, 0.15) is 32.7 Å². The first-order valence-electron chi connectivity index (χ1n) is 14.4. The normalized spacial score (nSPS) is 16.8. The van der Waals surface area contributed by atoms with Crippen molar-refractivity contribution in [1.29, 1.82) is 0 Å². The van der Waals surface area contributed by atoms with E-state index in [0.717, 1.165) is 27.3 Å². The van der Waals surface area contributed by atoms with E-state index in [9.17, 15) is 24.3 Å². The summed E-state index contributed by atoms with van der Waals surface area (Å²) in [5, 5.41) is 13.2. The molecule has 1 saturated heterocycles. The van der Waals surface area contributed by atoms with Crippen LogP contribution in [0.25, 0.3) is 0 Å². The predicted octanol–water partition coefficient (Wildman–Crippen LogP) is 3.48. The summed E-state index contributed by atoms with van der Waals surface area (Å²) in [6, 6.07) is 30.7. The van der Waals surface area contributed by atoms with Crippen LogP contribution in [0.5, 0.6) is 0 Å². The average Bonchev–Trinajstić information content (AvgIpc) is 3.56. The Morgan fingerprint density at radius 3 is 1.82 bits per heavy atom. The average molecular weight is 641 g/mol. The second kappa shape index (κ2) is 13.6. The van der Waals surface area contributed by atoms with Crippen molar-refractivity contribution in [2.45, 2.75) is 25.5 Å². The Morgan fingerprint density at radius 1 is 0.911 bits per heavy atom. The van der Waals surface area contributed by atoms with Crippen LogP contribution in [-0.4, -0.2) is 57.7 Å². The Bertz CT molecular complexity index is 1680. The number of benzene rings is 3. The minimum absolute atomic E-state index is 0.0999. The third-order valence-electron chi connectivity index (χ3n) is 7.80. The molecule has 0 spiro atoms. The number of hydrogen-bond donors (Lipinski definition) is 2. The highest BCUT2D eigenvalue weighted by Gasteiger charge is 2.55. The number of primary amides is 1. The number of β-lactam (4-membered cyclic amide) rings is 1. The molecule has 2 heterocycles.